The van der Waals surface area contributed by atoms with Crippen LogP contribution in [-0.2, 0) is 29.4 Å². The van der Waals surface area contributed by atoms with E-state index in [0.717, 1.165) is 0 Å². The van der Waals surface area contributed by atoms with E-state index >= 15 is 0 Å². The summed E-state index contributed by atoms with van der Waals surface area (Å²) in [5.74, 6) is 0. The largest absolute Gasteiger partial charge is 0.296 e. The summed E-state index contributed by atoms with van der Waals surface area (Å²) < 4.78 is 0. The molecule has 0 aliphatic heterocycles. The lowest BCUT2D eigenvalue weighted by Crippen LogP contribution is -1.29. The Morgan fingerprint density at radius 2 is 1.50 bits per heavy atom. The minimum Gasteiger partial charge on any atom is -0.296 e. The van der Waals surface area contributed by atoms with Gasteiger partial charge in [-0.15, -0.1) is 0 Å². The Bertz CT molecular complexity index is 48.4. The van der Waals surface area contributed by atoms with Gasteiger partial charge in [0.15, 0.2) is 0 Å². The maximum Gasteiger partial charge on any atom is -0.249 e. The van der Waals surface area contributed by atoms with Crippen LogP contribution in [-0.4, -0.2) is 0 Å². The van der Waals surface area contributed by atoms with E-state index in [1.165, 1.54) is 0 Å². The highest BCUT2D eigenvalue weighted by atomic mass is 33.5. The van der Waals surface area contributed by atoms with E-state index in [0.29, 0.717) is 0 Å². The fourth-order valence-electron chi connectivity index (χ4n) is 0. The van der Waals surface area contributed by atoms with Gasteiger partial charge in [0.05, 0.1) is 0 Å². The van der Waals surface area contributed by atoms with E-state index in [1.54, 1.807) is 0 Å². The molecule has 26 valence electrons. The molecule has 0 saturated heterocycles. The van der Waals surface area contributed by atoms with E-state index in [4.69, 9.17) is 0 Å². The summed E-state index contributed by atoms with van der Waals surface area (Å²) in [4.78, 5) is 0. The first-order valence-corrected chi connectivity index (χ1v) is 4.64. The molecule has 0 amide bonds. The molecule has 0 nitrogen and oxygen atoms in total. The van der Waals surface area contributed by atoms with Crippen molar-refractivity contribution in [2.45, 2.75) is 0 Å². The van der Waals surface area contributed by atoms with Gasteiger partial charge >= 0.3 is 0 Å². The molecule has 0 aliphatic rings. The zero-order chi connectivity index (χ0) is 3.58. The summed E-state index contributed by atoms with van der Waals surface area (Å²) in [5, 5.41) is 0. The third-order valence-corrected chi connectivity index (χ3v) is 0. The zero-order valence-corrected chi connectivity index (χ0v) is 5.02. The molecule has 0 fully saturated rings. The average Bonchev–Trinajstić information content (AvgIpc) is 0.811. The van der Waals surface area contributed by atoms with Crippen molar-refractivity contribution >= 4 is 41.1 Å². The van der Waals surface area contributed by atoms with Gasteiger partial charge in [0, 0.05) is 0 Å². The van der Waals surface area contributed by atoms with Crippen molar-refractivity contribution in [2.24, 2.45) is 0 Å². The second-order valence-electron chi connectivity index (χ2n) is 0.217. The lowest BCUT2D eigenvalue weighted by molar-refractivity contribution is 6.00. The van der Waals surface area contributed by atoms with Crippen LogP contribution in [0.15, 0.2) is 0 Å². The Kier molecular flexibility index (Phi) is 3.06. The maximum atomic E-state index is 4.33. The predicted octanol–water partition coefficient (Wildman–Crippen LogP) is 0.373. The van der Waals surface area contributed by atoms with E-state index in [-0.39, 0.29) is 0 Å². The normalized spacial score (nSPS) is 8.50. The van der Waals surface area contributed by atoms with Gasteiger partial charge in [0.2, 0.25) is 0 Å². The van der Waals surface area contributed by atoms with Crippen molar-refractivity contribution in [1.29, 1.82) is 0 Å². The van der Waals surface area contributed by atoms with Gasteiger partial charge in [0.1, 0.15) is 0 Å². The highest BCUT2D eigenvalue weighted by Gasteiger charge is 1.13. The molecule has 0 heterocycles. The average molecular weight is 129 g/mol. The first-order valence-electron chi connectivity index (χ1n) is 0.516. The van der Waals surface area contributed by atoms with Crippen LogP contribution in [0.4, 0.5) is 0 Å². The van der Waals surface area contributed by atoms with Gasteiger partial charge in [-0.2, -0.15) is 0 Å². The summed E-state index contributed by atoms with van der Waals surface area (Å²) in [6.07, 6.45) is 0. The molecular formula is HS4-. The molecule has 4 heteroatoms. The topological polar surface area (TPSA) is 0 Å². The Morgan fingerprint density at radius 3 is 1.50 bits per heavy atom. The van der Waals surface area contributed by atoms with Crippen LogP contribution in [0.5, 0.6) is 0 Å². The number of hydrogen-bond acceptors (Lipinski definition) is 3. The molecule has 0 radical (unpaired) electrons. The summed E-state index contributed by atoms with van der Waals surface area (Å²) in [5.41, 5.74) is 0. The van der Waals surface area contributed by atoms with E-state index in [2.05, 4.69) is 34.0 Å². The fraction of sp³-hybridized carbons (Fsp3) is 0. The van der Waals surface area contributed by atoms with Crippen LogP contribution in [0.1, 0.15) is 0 Å². The van der Waals surface area contributed by atoms with Gasteiger partial charge < -0.3 is 0 Å². The highest BCUT2D eigenvalue weighted by molar-refractivity contribution is 8.84. The van der Waals surface area contributed by atoms with Crippen molar-refractivity contribution in [2.75, 3.05) is 0 Å². The Balaban J connectivity index is 3.51. The minimum atomic E-state index is -0.500. The summed E-state index contributed by atoms with van der Waals surface area (Å²) in [6.45, 7) is 0. The minimum absolute atomic E-state index is 0.500. The molecule has 0 atom stereocenters. The quantitative estimate of drug-likeness (QED) is 0.285. The standard InChI is InChI=1S/HS4/c1-4(2)3/h(H,1,2,3)/q-1. The van der Waals surface area contributed by atoms with Crippen LogP contribution in [0.2, 0.25) is 0 Å². The van der Waals surface area contributed by atoms with Gasteiger partial charge in [-0.05, 0) is 0 Å². The first-order chi connectivity index (χ1) is 1.73. The smallest absolute Gasteiger partial charge is 0.249 e. The molecular weight excluding hydrogens is 128 g/mol. The number of thiol groups is 1. The molecule has 0 aromatic rings. The third-order valence-electron chi connectivity index (χ3n) is 0. The highest BCUT2D eigenvalue weighted by Crippen LogP contribution is 1.63. The van der Waals surface area contributed by atoms with Crippen LogP contribution >= 0.6 is 11.7 Å². The van der Waals surface area contributed by atoms with Crippen LogP contribution in [0.25, 0.3) is 0 Å². The second kappa shape index (κ2) is 2.38. The van der Waals surface area contributed by atoms with Gasteiger partial charge in [-0.1, -0.05) is 0 Å². The second-order valence-corrected chi connectivity index (χ2v) is 5.86. The van der Waals surface area contributed by atoms with Crippen LogP contribution in [0, 0.1) is 0 Å². The lowest BCUT2D eigenvalue weighted by atomic mass is 30.7. The maximum absolute atomic E-state index is 4.33. The molecule has 0 aliphatic carbocycles. The molecule has 0 spiro atoms. The summed E-state index contributed by atoms with van der Waals surface area (Å²) in [7, 11) is -0.500. The van der Waals surface area contributed by atoms with Crippen molar-refractivity contribution in [1.82, 2.24) is 0 Å². The van der Waals surface area contributed by atoms with Gasteiger partial charge in [-0.3, -0.25) is 18.7 Å². The van der Waals surface area contributed by atoms with Crippen LogP contribution in [0.3, 0.4) is 0 Å². The molecule has 0 aromatic carbocycles. The first kappa shape index (κ1) is 5.14. The van der Waals surface area contributed by atoms with Crippen LogP contribution < -0.4 is 0 Å². The Morgan fingerprint density at radius 1 is 1.50 bits per heavy atom. The van der Waals surface area contributed by atoms with E-state index in [1.807, 2.05) is 0 Å². The Labute approximate surface area is 41.2 Å². The summed E-state index contributed by atoms with van der Waals surface area (Å²) >= 11 is 12.3. The fourth-order valence-corrected chi connectivity index (χ4v) is 0. The van der Waals surface area contributed by atoms with Crippen molar-refractivity contribution < 1.29 is 0 Å². The van der Waals surface area contributed by atoms with Crippen molar-refractivity contribution in [3.63, 3.8) is 0 Å². The molecule has 0 rings (SSSR count). The predicted molar refractivity (Wildman–Crippen MR) is 31.1 cm³/mol. The molecule has 0 N–H and O–H groups in total. The monoisotopic (exact) mass is 129 g/mol. The molecule has 0 saturated carbocycles. The summed E-state index contributed by atoms with van der Waals surface area (Å²) in [6, 6.07) is 0. The molecule has 0 bridgehead atoms. The van der Waals surface area contributed by atoms with E-state index in [9.17, 15) is 0 Å². The molecule has 4 heavy (non-hydrogen) atoms. The Hall–Kier alpha value is 1.14. The number of hydrogen-bond donors (Lipinski definition) is 1. The third kappa shape index (κ3) is 11.1. The molecule has 0 aromatic heterocycles. The lowest BCUT2D eigenvalue weighted by Gasteiger charge is -1.69. The zero-order valence-electron chi connectivity index (χ0n) is 1.67. The van der Waals surface area contributed by atoms with Crippen molar-refractivity contribution in [3.05, 3.63) is 0 Å². The van der Waals surface area contributed by atoms with Gasteiger partial charge in [0.25, 0.3) is 0 Å². The molecule has 0 unspecified atom stereocenters. The SMILES string of the molecule is S=[S-](=S)S. The van der Waals surface area contributed by atoms with Crippen molar-refractivity contribution in [3.8, 4) is 0 Å². The number of rotatable bonds is 0. The van der Waals surface area contributed by atoms with E-state index < -0.39 is 7.05 Å². The van der Waals surface area contributed by atoms with Gasteiger partial charge in [-0.25, -0.2) is 22.4 Å².